The molecule has 0 aliphatic rings. The Balaban J connectivity index is -0.000000405. The number of rotatable bonds is 4. The van der Waals surface area contributed by atoms with Gasteiger partial charge in [0.2, 0.25) is 0 Å². The van der Waals surface area contributed by atoms with E-state index in [2.05, 4.69) is 48.9 Å². The van der Waals surface area contributed by atoms with E-state index in [1.54, 1.807) is 0 Å². The molecule has 0 N–H and O–H groups in total. The fraction of sp³-hybridized carbons (Fsp3) is 1.00. The number of hydrogen-bond acceptors (Lipinski definition) is 1. The second-order valence-electron chi connectivity index (χ2n) is 3.21. The molecule has 0 aromatic heterocycles. The first-order valence-corrected chi connectivity index (χ1v) is 4.87. The maximum Gasteiger partial charge on any atom is -1.00 e. The summed E-state index contributed by atoms with van der Waals surface area (Å²) in [6, 6.07) is 1.36. The van der Waals surface area contributed by atoms with Crippen molar-refractivity contribution in [3.8, 4) is 0 Å². The fourth-order valence-corrected chi connectivity index (χ4v) is 1.56. The molecule has 0 bridgehead atoms. The van der Waals surface area contributed by atoms with E-state index in [0.29, 0.717) is 12.1 Å². The van der Waals surface area contributed by atoms with Gasteiger partial charge in [0, 0.05) is 0 Å². The molecule has 0 saturated heterocycles. The van der Waals surface area contributed by atoms with Gasteiger partial charge in [-0.25, -0.2) is 0 Å². The van der Waals surface area contributed by atoms with Crippen LogP contribution in [0.1, 0.15) is 30.5 Å². The van der Waals surface area contributed by atoms with Crippen LogP contribution in [0.4, 0.5) is 0 Å². The first kappa shape index (κ1) is 10.5. The van der Waals surface area contributed by atoms with E-state index in [1.165, 1.54) is 11.8 Å². The predicted molar refractivity (Wildman–Crippen MR) is 49.8 cm³/mol. The molecule has 0 atom stereocenters. The van der Waals surface area contributed by atoms with Crippen LogP contribution in [0.2, 0.25) is 5.28 Å². The SMILES string of the molecule is CC(C)N(C[CH2][Al+2])C(C)C.[H-].[H-]. The zero-order chi connectivity index (χ0) is 8.15. The van der Waals surface area contributed by atoms with Gasteiger partial charge in [-0.1, -0.05) is 0 Å². The Labute approximate surface area is 76.2 Å². The number of nitrogens with zero attached hydrogens (tertiary/aromatic N) is 1. The molecule has 0 spiro atoms. The maximum absolute atomic E-state index is 2.77. The summed E-state index contributed by atoms with van der Waals surface area (Å²) >= 11 is 2.77. The van der Waals surface area contributed by atoms with Crippen molar-refractivity contribution in [1.29, 1.82) is 0 Å². The van der Waals surface area contributed by atoms with E-state index in [1.807, 2.05) is 0 Å². The van der Waals surface area contributed by atoms with Gasteiger partial charge in [0.1, 0.15) is 0 Å². The summed E-state index contributed by atoms with van der Waals surface area (Å²) in [6.45, 7) is 10.2. The van der Waals surface area contributed by atoms with E-state index in [-0.39, 0.29) is 2.85 Å². The van der Waals surface area contributed by atoms with E-state index in [9.17, 15) is 0 Å². The third-order valence-corrected chi connectivity index (χ3v) is 1.97. The van der Waals surface area contributed by atoms with Gasteiger partial charge in [0.25, 0.3) is 0 Å². The van der Waals surface area contributed by atoms with Gasteiger partial charge >= 0.3 is 72.8 Å². The van der Waals surface area contributed by atoms with Crippen LogP contribution in [0.25, 0.3) is 0 Å². The summed E-state index contributed by atoms with van der Waals surface area (Å²) in [4.78, 5) is 2.49. The van der Waals surface area contributed by atoms with Crippen molar-refractivity contribution >= 4 is 16.3 Å². The molecule has 0 heterocycles. The van der Waals surface area contributed by atoms with Gasteiger partial charge < -0.3 is 2.85 Å². The summed E-state index contributed by atoms with van der Waals surface area (Å²) in [7, 11) is 0. The molecule has 60 valence electrons. The molecular weight excluding hydrogens is 137 g/mol. The summed E-state index contributed by atoms with van der Waals surface area (Å²) in [5, 5.41) is 1.18. The standard InChI is InChI=1S/C8H18N.Al.2H/c1-6-9(7(2)3)8(4)5;;;/h7-8H,1,6H2,2-5H3;;;/q;+2;2*-1. The van der Waals surface area contributed by atoms with Crippen molar-refractivity contribution in [2.24, 2.45) is 0 Å². The van der Waals surface area contributed by atoms with Crippen LogP contribution in [0.3, 0.4) is 0 Å². The van der Waals surface area contributed by atoms with Crippen molar-refractivity contribution in [3.05, 3.63) is 0 Å². The molecule has 1 nitrogen and oxygen atoms in total. The monoisotopic (exact) mass is 157 g/mol. The largest absolute Gasteiger partial charge is 1.00 e. The second-order valence-corrected chi connectivity index (χ2v) is 3.79. The van der Waals surface area contributed by atoms with Crippen LogP contribution in [0.5, 0.6) is 0 Å². The maximum atomic E-state index is 2.77. The van der Waals surface area contributed by atoms with Crippen LogP contribution in [-0.2, 0) is 0 Å². The summed E-state index contributed by atoms with van der Waals surface area (Å²) in [6.07, 6.45) is 0. The van der Waals surface area contributed by atoms with Crippen LogP contribution in [-0.4, -0.2) is 39.8 Å². The molecule has 0 saturated carbocycles. The van der Waals surface area contributed by atoms with Crippen LogP contribution in [0, 0.1) is 0 Å². The number of hydrogen-bond donors (Lipinski definition) is 0. The van der Waals surface area contributed by atoms with Gasteiger partial charge in [-0.15, -0.1) is 0 Å². The van der Waals surface area contributed by atoms with Crippen LogP contribution in [0.15, 0.2) is 0 Å². The molecule has 0 rings (SSSR count). The molecule has 0 aromatic carbocycles. The van der Waals surface area contributed by atoms with Gasteiger partial charge in [-0.2, -0.15) is 0 Å². The van der Waals surface area contributed by atoms with Crippen molar-refractivity contribution in [1.82, 2.24) is 4.90 Å². The average Bonchev–Trinajstić information content (AvgIpc) is 1.81. The van der Waals surface area contributed by atoms with Crippen molar-refractivity contribution in [2.45, 2.75) is 45.1 Å². The Morgan fingerprint density at radius 3 is 1.70 bits per heavy atom. The normalized spacial score (nSPS) is 12.1. The average molecular weight is 157 g/mol. The molecule has 0 amide bonds. The van der Waals surface area contributed by atoms with Crippen LogP contribution < -0.4 is 0 Å². The van der Waals surface area contributed by atoms with E-state index in [0.717, 1.165) is 0 Å². The third kappa shape index (κ3) is 3.61. The first-order chi connectivity index (χ1) is 4.59. The molecule has 0 aliphatic heterocycles. The molecule has 0 radical (unpaired) electrons. The van der Waals surface area contributed by atoms with Gasteiger partial charge in [-0.05, 0) is 0 Å². The van der Waals surface area contributed by atoms with Gasteiger partial charge in [0.05, 0.1) is 0 Å². The van der Waals surface area contributed by atoms with Crippen LogP contribution >= 0.6 is 0 Å². The van der Waals surface area contributed by atoms with Crippen molar-refractivity contribution < 1.29 is 2.85 Å². The Morgan fingerprint density at radius 1 is 1.20 bits per heavy atom. The Kier molecular flexibility index (Phi) is 5.44. The molecule has 0 unspecified atom stereocenters. The van der Waals surface area contributed by atoms with E-state index < -0.39 is 0 Å². The predicted octanol–water partition coefficient (Wildman–Crippen LogP) is 1.92. The smallest absolute Gasteiger partial charge is 1.00 e. The van der Waals surface area contributed by atoms with Crippen molar-refractivity contribution in [3.63, 3.8) is 0 Å². The van der Waals surface area contributed by atoms with Gasteiger partial charge in [-0.3, -0.25) is 0 Å². The third-order valence-electron chi connectivity index (χ3n) is 1.71. The fourth-order valence-electron chi connectivity index (χ4n) is 1.26. The minimum Gasteiger partial charge on any atom is -1.00 e. The summed E-state index contributed by atoms with van der Waals surface area (Å²) < 4.78 is 0. The molecule has 0 fully saturated rings. The van der Waals surface area contributed by atoms with Crippen molar-refractivity contribution in [2.75, 3.05) is 6.54 Å². The topological polar surface area (TPSA) is 3.24 Å². The Morgan fingerprint density at radius 2 is 1.60 bits per heavy atom. The first-order valence-electron chi connectivity index (χ1n) is 4.05. The zero-order valence-electron chi connectivity index (χ0n) is 9.59. The molecule has 10 heavy (non-hydrogen) atoms. The minimum atomic E-state index is 0. The molecule has 2 heteroatoms. The molecule has 0 aliphatic carbocycles. The quantitative estimate of drug-likeness (QED) is 0.563. The molecular formula is C8H20AlN. The Bertz CT molecular complexity index is 81.1. The summed E-state index contributed by atoms with van der Waals surface area (Å²) in [5.41, 5.74) is 0. The Hall–Kier alpha value is 0.492. The summed E-state index contributed by atoms with van der Waals surface area (Å²) in [5.74, 6) is 0. The van der Waals surface area contributed by atoms with E-state index >= 15 is 0 Å². The minimum absolute atomic E-state index is 0. The second kappa shape index (κ2) is 5.18. The van der Waals surface area contributed by atoms with Gasteiger partial charge in [0.15, 0.2) is 0 Å². The zero-order valence-corrected chi connectivity index (χ0v) is 8.75. The van der Waals surface area contributed by atoms with E-state index in [4.69, 9.17) is 0 Å². The molecule has 0 aromatic rings.